The Kier molecular flexibility index (Phi) is 8.30. The average Bonchev–Trinajstić information content (AvgIpc) is 2.37. The molecule has 110 valence electrons. The van der Waals surface area contributed by atoms with Crippen LogP contribution in [0, 0.1) is 0 Å². The van der Waals surface area contributed by atoms with Crippen LogP contribution in [0.3, 0.4) is 0 Å². The minimum Gasteiger partial charge on any atom is -0.469 e. The molecule has 19 heavy (non-hydrogen) atoms. The fourth-order valence-electron chi connectivity index (χ4n) is 1.19. The molecule has 0 N–H and O–H groups in total. The van der Waals surface area contributed by atoms with E-state index in [0.29, 0.717) is 0 Å². The van der Waals surface area contributed by atoms with E-state index in [1.807, 2.05) is 0 Å². The van der Waals surface area contributed by atoms with Crippen molar-refractivity contribution in [1.82, 2.24) is 0 Å². The molecule has 0 atom stereocenters. The molecule has 0 bridgehead atoms. The number of esters is 2. The van der Waals surface area contributed by atoms with E-state index in [4.69, 9.17) is 9.05 Å². The highest BCUT2D eigenvalue weighted by atomic mass is 31.2. The van der Waals surface area contributed by atoms with Crippen LogP contribution >= 0.6 is 7.60 Å². The predicted octanol–water partition coefficient (Wildman–Crippen LogP) is 1.87. The lowest BCUT2D eigenvalue weighted by atomic mass is 10.2. The maximum absolute atomic E-state index is 12.2. The van der Waals surface area contributed by atoms with Gasteiger partial charge in [0.05, 0.1) is 39.4 Å². The molecule has 0 spiro atoms. The van der Waals surface area contributed by atoms with E-state index < -0.39 is 19.5 Å². The van der Waals surface area contributed by atoms with Crippen LogP contribution in [-0.2, 0) is 32.7 Å². The molecule has 0 unspecified atom stereocenters. The highest BCUT2D eigenvalue weighted by Crippen LogP contribution is 2.50. The van der Waals surface area contributed by atoms with Crippen molar-refractivity contribution in [3.8, 4) is 0 Å². The summed E-state index contributed by atoms with van der Waals surface area (Å²) in [6.45, 7) is 3.55. The van der Waals surface area contributed by atoms with E-state index >= 15 is 0 Å². The number of hydrogen-bond acceptors (Lipinski definition) is 7. The molecule has 0 radical (unpaired) electrons. The Hall–Kier alpha value is -1.17. The summed E-state index contributed by atoms with van der Waals surface area (Å²) in [5.41, 5.74) is -0.125. The Labute approximate surface area is 112 Å². The van der Waals surface area contributed by atoms with Crippen molar-refractivity contribution in [2.45, 2.75) is 20.3 Å². The van der Waals surface area contributed by atoms with Crippen LogP contribution in [0.1, 0.15) is 20.3 Å². The number of methoxy groups -OCH3 is 2. The van der Waals surface area contributed by atoms with Gasteiger partial charge in [0.1, 0.15) is 0 Å². The molecule has 0 aliphatic carbocycles. The van der Waals surface area contributed by atoms with Crippen molar-refractivity contribution < 1.29 is 32.7 Å². The van der Waals surface area contributed by atoms with Crippen LogP contribution in [0.2, 0.25) is 0 Å². The third-order valence-corrected chi connectivity index (χ3v) is 3.81. The highest BCUT2D eigenvalue weighted by Gasteiger charge is 2.25. The Morgan fingerprint density at radius 1 is 1.05 bits per heavy atom. The zero-order valence-electron chi connectivity index (χ0n) is 11.5. The van der Waals surface area contributed by atoms with E-state index in [1.54, 1.807) is 13.8 Å². The van der Waals surface area contributed by atoms with Gasteiger partial charge in [-0.1, -0.05) is 0 Å². The van der Waals surface area contributed by atoms with E-state index in [2.05, 4.69) is 9.47 Å². The van der Waals surface area contributed by atoms with Gasteiger partial charge in [-0.25, -0.2) is 4.79 Å². The van der Waals surface area contributed by atoms with Crippen LogP contribution in [-0.4, -0.2) is 39.4 Å². The minimum absolute atomic E-state index is 0.125. The van der Waals surface area contributed by atoms with Crippen LogP contribution in [0.15, 0.2) is 11.4 Å². The molecule has 0 aliphatic heterocycles. The molecule has 0 aromatic heterocycles. The van der Waals surface area contributed by atoms with Crippen molar-refractivity contribution in [3.05, 3.63) is 11.4 Å². The maximum atomic E-state index is 12.2. The molecular weight excluding hydrogens is 275 g/mol. The summed E-state index contributed by atoms with van der Waals surface area (Å²) in [7, 11) is -1.24. The van der Waals surface area contributed by atoms with Crippen molar-refractivity contribution >= 4 is 19.5 Å². The predicted molar refractivity (Wildman–Crippen MR) is 67.6 cm³/mol. The fourth-order valence-corrected chi connectivity index (χ4v) is 2.71. The second-order valence-corrected chi connectivity index (χ2v) is 5.13. The lowest BCUT2D eigenvalue weighted by molar-refractivity contribution is -0.143. The maximum Gasteiger partial charge on any atom is 0.354 e. The van der Waals surface area contributed by atoms with Gasteiger partial charge in [0.25, 0.3) is 0 Å². The van der Waals surface area contributed by atoms with Crippen LogP contribution in [0.4, 0.5) is 0 Å². The number of ether oxygens (including phenoxy) is 2. The average molecular weight is 294 g/mol. The molecule has 8 heteroatoms. The lowest BCUT2D eigenvalue weighted by Crippen LogP contribution is -2.11. The number of rotatable bonds is 8. The quantitative estimate of drug-likeness (QED) is 0.383. The first kappa shape index (κ1) is 17.8. The molecule has 0 amide bonds. The molecular formula is C11H19O7P. The molecule has 0 saturated heterocycles. The molecule has 0 rings (SSSR count). The van der Waals surface area contributed by atoms with Crippen molar-refractivity contribution in [2.24, 2.45) is 0 Å². The van der Waals surface area contributed by atoms with Gasteiger partial charge in [-0.05, 0) is 13.8 Å². The molecule has 0 fully saturated rings. The molecule has 0 aromatic rings. The molecule has 0 aliphatic rings. The molecule has 7 nitrogen and oxygen atoms in total. The van der Waals surface area contributed by atoms with Crippen molar-refractivity contribution in [1.29, 1.82) is 0 Å². The van der Waals surface area contributed by atoms with E-state index in [9.17, 15) is 14.2 Å². The number of carbonyl (C=O) groups is 2. The standard InChI is InChI=1S/C11H19O7P/c1-5-17-19(14,18-6-2)8-9(11(13)16-4)7-10(12)15-3/h8H,5-7H2,1-4H3. The summed E-state index contributed by atoms with van der Waals surface area (Å²) in [5, 5.41) is 0. The van der Waals surface area contributed by atoms with Crippen LogP contribution in [0.5, 0.6) is 0 Å². The highest BCUT2D eigenvalue weighted by molar-refractivity contribution is 7.57. The Balaban J connectivity index is 5.29. The largest absolute Gasteiger partial charge is 0.469 e. The third-order valence-electron chi connectivity index (χ3n) is 1.94. The molecule has 0 saturated carbocycles. The zero-order chi connectivity index (χ0) is 14.9. The van der Waals surface area contributed by atoms with Crippen LogP contribution < -0.4 is 0 Å². The first-order valence-electron chi connectivity index (χ1n) is 5.68. The Morgan fingerprint density at radius 2 is 1.58 bits per heavy atom. The van der Waals surface area contributed by atoms with Gasteiger partial charge in [0, 0.05) is 5.82 Å². The third kappa shape index (κ3) is 6.52. The van der Waals surface area contributed by atoms with Gasteiger partial charge in [-0.3, -0.25) is 9.36 Å². The van der Waals surface area contributed by atoms with Gasteiger partial charge in [-0.15, -0.1) is 0 Å². The minimum atomic E-state index is -3.58. The zero-order valence-corrected chi connectivity index (χ0v) is 12.4. The van der Waals surface area contributed by atoms with Gasteiger partial charge < -0.3 is 18.5 Å². The summed E-state index contributed by atoms with van der Waals surface area (Å²) >= 11 is 0. The summed E-state index contributed by atoms with van der Waals surface area (Å²) in [4.78, 5) is 22.7. The first-order valence-corrected chi connectivity index (χ1v) is 7.29. The fraction of sp³-hybridized carbons (Fsp3) is 0.636. The normalized spacial score (nSPS) is 12.1. The second kappa shape index (κ2) is 8.85. The summed E-state index contributed by atoms with van der Waals surface area (Å²) < 4.78 is 31.2. The Bertz CT molecular complexity index is 379. The van der Waals surface area contributed by atoms with Gasteiger partial charge in [0.15, 0.2) is 0 Å². The number of hydrogen-bond donors (Lipinski definition) is 0. The first-order chi connectivity index (χ1) is 8.92. The smallest absolute Gasteiger partial charge is 0.354 e. The van der Waals surface area contributed by atoms with Gasteiger partial charge in [-0.2, -0.15) is 0 Å². The van der Waals surface area contributed by atoms with Gasteiger partial charge in [0.2, 0.25) is 0 Å². The summed E-state index contributed by atoms with van der Waals surface area (Å²) in [5.74, 6) is -0.441. The summed E-state index contributed by atoms with van der Waals surface area (Å²) in [6, 6.07) is 0. The lowest BCUT2D eigenvalue weighted by Gasteiger charge is -2.14. The summed E-state index contributed by atoms with van der Waals surface area (Å²) in [6.07, 6.45) is -0.368. The monoisotopic (exact) mass is 294 g/mol. The SMILES string of the molecule is CCOP(=O)(C=C(CC(=O)OC)C(=O)OC)OCC. The Morgan fingerprint density at radius 3 is 1.95 bits per heavy atom. The van der Waals surface area contributed by atoms with E-state index in [-0.39, 0.29) is 25.2 Å². The molecule has 0 aromatic carbocycles. The van der Waals surface area contributed by atoms with Gasteiger partial charge >= 0.3 is 19.5 Å². The van der Waals surface area contributed by atoms with E-state index in [0.717, 1.165) is 12.9 Å². The topological polar surface area (TPSA) is 88.1 Å². The number of carbonyl (C=O) groups excluding carboxylic acids is 2. The van der Waals surface area contributed by atoms with E-state index in [1.165, 1.54) is 7.11 Å². The van der Waals surface area contributed by atoms with Crippen molar-refractivity contribution in [2.75, 3.05) is 27.4 Å². The van der Waals surface area contributed by atoms with Crippen molar-refractivity contribution in [3.63, 3.8) is 0 Å². The molecule has 0 heterocycles. The second-order valence-electron chi connectivity index (χ2n) is 3.27. The van der Waals surface area contributed by atoms with Crippen LogP contribution in [0.25, 0.3) is 0 Å².